The lowest BCUT2D eigenvalue weighted by Crippen LogP contribution is -2.62. The van der Waals surface area contributed by atoms with Gasteiger partial charge in [0, 0.05) is 50.4 Å². The summed E-state index contributed by atoms with van der Waals surface area (Å²) in [6.07, 6.45) is 3.88. The van der Waals surface area contributed by atoms with Gasteiger partial charge in [-0.05, 0) is 95.0 Å². The number of hydrogen-bond acceptors (Lipinski definition) is 15. The van der Waals surface area contributed by atoms with Crippen LogP contribution in [0, 0.1) is 29.1 Å². The first-order chi connectivity index (χ1) is 28.9. The van der Waals surface area contributed by atoms with Gasteiger partial charge in [0.15, 0.2) is 18.9 Å². The molecule has 0 spiro atoms. The zero-order chi connectivity index (χ0) is 43.9. The van der Waals surface area contributed by atoms with E-state index in [1.807, 2.05) is 25.7 Å². The van der Waals surface area contributed by atoms with Gasteiger partial charge in [0.05, 0.1) is 54.1 Å². The highest BCUT2D eigenvalue weighted by Crippen LogP contribution is 2.64. The lowest BCUT2D eigenvalue weighted by molar-refractivity contribution is -0.328. The summed E-state index contributed by atoms with van der Waals surface area (Å²) in [4.78, 5) is 14.0. The Morgan fingerprint density at radius 1 is 0.885 bits per heavy atom. The van der Waals surface area contributed by atoms with Crippen LogP contribution in [0.15, 0.2) is 11.6 Å². The first-order valence-corrected chi connectivity index (χ1v) is 24.9. The number of carbonyl (C=O) groups is 1. The van der Waals surface area contributed by atoms with Crippen LogP contribution in [0.25, 0.3) is 0 Å². The van der Waals surface area contributed by atoms with Gasteiger partial charge in [-0.15, -0.1) is 0 Å². The summed E-state index contributed by atoms with van der Waals surface area (Å²) >= 11 is 0. The first kappa shape index (κ1) is 47.6. The predicted octanol–water partition coefficient (Wildman–Crippen LogP) is 2.87. The summed E-state index contributed by atoms with van der Waals surface area (Å²) in [7, 11) is -3.58. The van der Waals surface area contributed by atoms with Gasteiger partial charge in [0.25, 0.3) is 0 Å². The number of aliphatic hydroxyl groups excluding tert-OH is 3. The Kier molecular flexibility index (Phi) is 15.3. The number of primary sulfonamides is 1. The third-order valence-corrected chi connectivity index (χ3v) is 16.4. The van der Waals surface area contributed by atoms with E-state index < -0.39 is 82.6 Å². The minimum Gasteiger partial charge on any atom is -0.458 e. The van der Waals surface area contributed by atoms with E-state index in [1.54, 1.807) is 13.0 Å². The number of carbonyl (C=O) groups excluding carboxylic acids is 1. The molecular weight excluding hydrogens is 813 g/mol. The third-order valence-electron chi connectivity index (χ3n) is 15.7. The number of esters is 1. The van der Waals surface area contributed by atoms with E-state index in [9.17, 15) is 33.6 Å². The van der Waals surface area contributed by atoms with E-state index in [-0.39, 0.29) is 61.1 Å². The predicted molar refractivity (Wildman–Crippen MR) is 222 cm³/mol. The summed E-state index contributed by atoms with van der Waals surface area (Å²) in [5.41, 5.74) is -0.878. The third kappa shape index (κ3) is 10.7. The number of cyclic esters (lactones) is 1. The normalized spacial score (nSPS) is 46.5. The van der Waals surface area contributed by atoms with Gasteiger partial charge in [-0.25, -0.2) is 18.4 Å². The van der Waals surface area contributed by atoms with Crippen LogP contribution in [0.3, 0.4) is 0 Å². The van der Waals surface area contributed by atoms with Gasteiger partial charge in [0.1, 0.15) is 18.8 Å². The molecule has 0 radical (unpaired) electrons. The Bertz CT molecular complexity index is 1610. The van der Waals surface area contributed by atoms with Crippen molar-refractivity contribution in [2.24, 2.45) is 34.2 Å². The van der Waals surface area contributed by atoms with Gasteiger partial charge in [-0.1, -0.05) is 33.1 Å². The number of ether oxygens (including phenoxy) is 7. The van der Waals surface area contributed by atoms with Gasteiger partial charge in [0.2, 0.25) is 10.0 Å². The molecule has 18 atom stereocenters. The summed E-state index contributed by atoms with van der Waals surface area (Å²) in [5, 5.41) is 51.9. The molecule has 350 valence electrons. The van der Waals surface area contributed by atoms with Crippen molar-refractivity contribution < 1.29 is 66.8 Å². The van der Waals surface area contributed by atoms with E-state index in [2.05, 4.69) is 6.92 Å². The molecule has 0 aromatic rings. The Hall–Kier alpha value is -1.32. The maximum absolute atomic E-state index is 12.6. The van der Waals surface area contributed by atoms with Gasteiger partial charge >= 0.3 is 5.97 Å². The molecule has 0 bridgehead atoms. The molecule has 0 aromatic carbocycles. The van der Waals surface area contributed by atoms with Crippen molar-refractivity contribution in [1.82, 2.24) is 4.90 Å². The number of hydrogen-bond donors (Lipinski definition) is 5. The van der Waals surface area contributed by atoms with E-state index in [0.29, 0.717) is 44.8 Å². The molecule has 4 aliphatic heterocycles. The van der Waals surface area contributed by atoms with E-state index in [1.165, 1.54) is 0 Å². The molecule has 16 nitrogen and oxygen atoms in total. The van der Waals surface area contributed by atoms with Gasteiger partial charge < -0.3 is 53.6 Å². The van der Waals surface area contributed by atoms with E-state index in [0.717, 1.165) is 56.9 Å². The fourth-order valence-corrected chi connectivity index (χ4v) is 12.9. The standard InChI is InChI=1S/C44H74N2O14S/c1-6-29-19-36(49)43(5)32(30-20-37(50)54-24-30)12-14-44(43,51)33(29)11-10-28-8-7-9-31(18-28)58-39-21-34(47)42(27(4)56-39)60-40-22-35(48)41(26(3)57-40)59-38-13-15-46(23-25(2)55-38)16-17-61(45,52)53/h20,25-29,31-36,38-42,47-49,51H,6-19,21-24H2,1-5H3,(H2,45,52,53)/t25?,26-,27-,28?,29?,31-,32+,33?,34-,35-,36-,38?,39-,40-,41+,42+,43-,44-/m0/s1. The zero-order valence-corrected chi connectivity index (χ0v) is 37.7. The van der Waals surface area contributed by atoms with Crippen molar-refractivity contribution >= 4 is 16.0 Å². The van der Waals surface area contributed by atoms with Crippen LogP contribution < -0.4 is 5.14 Å². The minimum absolute atomic E-state index is 0.0213. The fraction of sp³-hybridized carbons (Fsp3) is 0.932. The number of rotatable bonds is 14. The quantitative estimate of drug-likeness (QED) is 0.158. The largest absolute Gasteiger partial charge is 0.458 e. The van der Waals surface area contributed by atoms with Crippen molar-refractivity contribution in [3.63, 3.8) is 0 Å². The van der Waals surface area contributed by atoms with Crippen molar-refractivity contribution in [1.29, 1.82) is 0 Å². The lowest BCUT2D eigenvalue weighted by Gasteiger charge is -2.57. The smallest absolute Gasteiger partial charge is 0.331 e. The second-order valence-electron chi connectivity index (χ2n) is 19.7. The fourth-order valence-electron chi connectivity index (χ4n) is 12.4. The molecule has 6 fully saturated rings. The molecule has 7 rings (SSSR count). The average molecular weight is 887 g/mol. The molecule has 3 aliphatic carbocycles. The summed E-state index contributed by atoms with van der Waals surface area (Å²) < 4.78 is 65.8. The highest BCUT2D eigenvalue weighted by Gasteiger charge is 2.67. The van der Waals surface area contributed by atoms with Crippen molar-refractivity contribution in [2.45, 2.75) is 197 Å². The topological polar surface area (TPSA) is 226 Å². The van der Waals surface area contributed by atoms with Crippen molar-refractivity contribution in [2.75, 3.05) is 32.0 Å². The molecular formula is C44H74N2O14S. The molecule has 4 heterocycles. The van der Waals surface area contributed by atoms with Crippen LogP contribution in [0.2, 0.25) is 0 Å². The molecule has 17 heteroatoms. The van der Waals surface area contributed by atoms with Crippen LogP contribution in [-0.4, -0.2) is 151 Å². The SMILES string of the molecule is CCC1C[C@H](O)[C@]2(C)[C@@H](C3=CC(=O)OC3)CC[C@]2(O)C1CCC1CCC[C@H](O[C@H]2C[C@H](O)[C@H](O[C@H]3C[C@H](O)[C@H](OC4CCN(CCS(N)(=O)=O)CC(C)O4)[C@H](C)O3)[C@H](C)O2)C1. The summed E-state index contributed by atoms with van der Waals surface area (Å²) in [6, 6.07) is 0. The van der Waals surface area contributed by atoms with Crippen molar-refractivity contribution in [3.05, 3.63) is 11.6 Å². The second-order valence-corrected chi connectivity index (χ2v) is 21.4. The summed E-state index contributed by atoms with van der Waals surface area (Å²) in [5.74, 6) is 0.103. The number of aliphatic hydroxyl groups is 4. The molecule has 61 heavy (non-hydrogen) atoms. The van der Waals surface area contributed by atoms with Crippen LogP contribution in [0.1, 0.15) is 118 Å². The molecule has 0 aromatic heterocycles. The van der Waals surface area contributed by atoms with Crippen LogP contribution in [0.5, 0.6) is 0 Å². The van der Waals surface area contributed by atoms with E-state index >= 15 is 0 Å². The lowest BCUT2D eigenvalue weighted by atomic mass is 9.52. The Morgan fingerprint density at radius 2 is 1.56 bits per heavy atom. The molecule has 3 saturated carbocycles. The average Bonchev–Trinajstić information content (AvgIpc) is 3.68. The molecule has 3 saturated heterocycles. The number of fused-ring (bicyclic) bond motifs is 1. The van der Waals surface area contributed by atoms with Crippen LogP contribution in [-0.2, 0) is 48.0 Å². The van der Waals surface area contributed by atoms with Gasteiger partial charge in [-0.3, -0.25) is 4.90 Å². The number of nitrogens with zero attached hydrogens (tertiary/aromatic N) is 1. The highest BCUT2D eigenvalue weighted by molar-refractivity contribution is 7.89. The Labute approximate surface area is 362 Å². The first-order valence-electron chi connectivity index (χ1n) is 23.2. The Morgan fingerprint density at radius 3 is 2.18 bits per heavy atom. The molecule has 7 aliphatic rings. The summed E-state index contributed by atoms with van der Waals surface area (Å²) in [6.45, 7) is 11.4. The van der Waals surface area contributed by atoms with Crippen molar-refractivity contribution in [3.8, 4) is 0 Å². The van der Waals surface area contributed by atoms with Crippen LogP contribution in [0.4, 0.5) is 0 Å². The monoisotopic (exact) mass is 886 g/mol. The highest BCUT2D eigenvalue weighted by atomic mass is 32.2. The number of sulfonamides is 1. The minimum atomic E-state index is -3.58. The maximum atomic E-state index is 12.6. The number of nitrogens with two attached hydrogens (primary N) is 1. The van der Waals surface area contributed by atoms with Crippen LogP contribution >= 0.6 is 0 Å². The Balaban J connectivity index is 0.870. The maximum Gasteiger partial charge on any atom is 0.331 e. The molecule has 0 amide bonds. The second kappa shape index (κ2) is 19.6. The van der Waals surface area contributed by atoms with Gasteiger partial charge in [-0.2, -0.15) is 0 Å². The zero-order valence-electron chi connectivity index (χ0n) is 36.8. The van der Waals surface area contributed by atoms with E-state index in [4.69, 9.17) is 38.3 Å². The molecule has 6 N–H and O–H groups in total. The molecule has 5 unspecified atom stereocenters.